The zero-order valence-electron chi connectivity index (χ0n) is 8.17. The minimum absolute atomic E-state index is 0.0348. The van der Waals surface area contributed by atoms with Crippen LogP contribution in [0.5, 0.6) is 0 Å². The largest absolute Gasteiger partial charge is 0.300 e. The van der Waals surface area contributed by atoms with Crippen molar-refractivity contribution in [2.24, 2.45) is 5.41 Å². The van der Waals surface area contributed by atoms with Crippen LogP contribution in [0.25, 0.3) is 0 Å². The summed E-state index contributed by atoms with van der Waals surface area (Å²) in [6.45, 7) is 3.76. The van der Waals surface area contributed by atoms with Gasteiger partial charge in [0.2, 0.25) is 11.0 Å². The van der Waals surface area contributed by atoms with Gasteiger partial charge in [0.25, 0.3) is 0 Å². The van der Waals surface area contributed by atoms with E-state index in [1.165, 1.54) is 11.3 Å². The molecule has 0 radical (unpaired) electrons. The highest BCUT2D eigenvalue weighted by molar-refractivity contribution is 9.25. The number of anilines is 1. The summed E-state index contributed by atoms with van der Waals surface area (Å²) in [5, 5.41) is 11.9. The number of carbonyl (C=O) groups is 1. The van der Waals surface area contributed by atoms with Crippen molar-refractivity contribution in [2.45, 2.75) is 23.5 Å². The second-order valence-corrected chi connectivity index (χ2v) is 8.75. The SMILES string of the molecule is Cc1nnc(NC(=O)[C@@]2(C)CC2(Br)Br)s1. The number of nitrogens with one attached hydrogen (secondary N) is 1. The van der Waals surface area contributed by atoms with Gasteiger partial charge in [-0.15, -0.1) is 10.2 Å². The zero-order valence-corrected chi connectivity index (χ0v) is 12.2. The summed E-state index contributed by atoms with van der Waals surface area (Å²) in [4.78, 5) is 11.9. The Hall–Kier alpha value is -0.0100. The van der Waals surface area contributed by atoms with Gasteiger partial charge in [-0.1, -0.05) is 43.2 Å². The molecule has 1 aromatic rings. The maximum atomic E-state index is 11.9. The average molecular weight is 355 g/mol. The van der Waals surface area contributed by atoms with Gasteiger partial charge in [0.1, 0.15) is 5.01 Å². The molecule has 1 atom stereocenters. The van der Waals surface area contributed by atoms with Gasteiger partial charge in [0.05, 0.1) is 8.65 Å². The molecule has 2 rings (SSSR count). The first-order valence-corrected chi connectivity index (χ1v) is 6.75. The van der Waals surface area contributed by atoms with Crippen LogP contribution >= 0.6 is 43.2 Å². The Labute approximate surface area is 108 Å². The van der Waals surface area contributed by atoms with Gasteiger partial charge in [0, 0.05) is 0 Å². The summed E-state index contributed by atoms with van der Waals surface area (Å²) in [6, 6.07) is 0. The van der Waals surface area contributed by atoms with E-state index < -0.39 is 5.41 Å². The average Bonchev–Trinajstić information content (AvgIpc) is 2.47. The summed E-state index contributed by atoms with van der Waals surface area (Å²) in [7, 11) is 0. The monoisotopic (exact) mass is 353 g/mol. The lowest BCUT2D eigenvalue weighted by Gasteiger charge is -2.10. The molecule has 1 aliphatic rings. The molecule has 4 nitrogen and oxygen atoms in total. The molecule has 82 valence electrons. The highest BCUT2D eigenvalue weighted by Crippen LogP contribution is 2.66. The number of carbonyl (C=O) groups excluding carboxylic acids is 1. The molecule has 0 saturated heterocycles. The number of hydrogen-bond acceptors (Lipinski definition) is 4. The highest BCUT2D eigenvalue weighted by Gasteiger charge is 2.66. The molecule has 0 unspecified atom stereocenters. The quantitative estimate of drug-likeness (QED) is 0.830. The van der Waals surface area contributed by atoms with Crippen LogP contribution < -0.4 is 5.32 Å². The van der Waals surface area contributed by atoms with Crippen LogP contribution in [0.2, 0.25) is 0 Å². The Morgan fingerprint density at radius 3 is 2.53 bits per heavy atom. The highest BCUT2D eigenvalue weighted by atomic mass is 79.9. The van der Waals surface area contributed by atoms with Gasteiger partial charge in [-0.05, 0) is 20.3 Å². The molecule has 1 fully saturated rings. The Morgan fingerprint density at radius 1 is 1.53 bits per heavy atom. The first-order valence-electron chi connectivity index (χ1n) is 4.34. The fraction of sp³-hybridized carbons (Fsp3) is 0.625. The second-order valence-electron chi connectivity index (χ2n) is 3.79. The summed E-state index contributed by atoms with van der Waals surface area (Å²) in [6.07, 6.45) is 0.767. The first-order chi connectivity index (χ1) is 6.85. The van der Waals surface area contributed by atoms with Gasteiger partial charge in [-0.3, -0.25) is 10.1 Å². The molecule has 1 heterocycles. The van der Waals surface area contributed by atoms with Crippen LogP contribution in [0.15, 0.2) is 0 Å². The number of rotatable bonds is 2. The summed E-state index contributed by atoms with van der Waals surface area (Å²) < 4.78 is -0.267. The maximum absolute atomic E-state index is 11.9. The normalized spacial score (nSPS) is 27.5. The van der Waals surface area contributed by atoms with E-state index in [1.54, 1.807) is 0 Å². The van der Waals surface area contributed by atoms with Gasteiger partial charge >= 0.3 is 0 Å². The van der Waals surface area contributed by atoms with Crippen molar-refractivity contribution in [3.8, 4) is 0 Å². The molecular formula is C8H9Br2N3OS. The van der Waals surface area contributed by atoms with E-state index in [9.17, 15) is 4.79 Å². The lowest BCUT2D eigenvalue weighted by Crippen LogP contribution is -2.25. The van der Waals surface area contributed by atoms with E-state index in [1.807, 2.05) is 13.8 Å². The first kappa shape index (κ1) is 11.5. The van der Waals surface area contributed by atoms with E-state index in [2.05, 4.69) is 47.4 Å². The molecule has 15 heavy (non-hydrogen) atoms. The van der Waals surface area contributed by atoms with Crippen molar-refractivity contribution >= 4 is 54.2 Å². The van der Waals surface area contributed by atoms with Gasteiger partial charge in [-0.25, -0.2) is 0 Å². The Bertz CT molecular complexity index is 420. The van der Waals surface area contributed by atoms with Crippen LogP contribution in [-0.4, -0.2) is 19.3 Å². The molecule has 0 aromatic carbocycles. The molecule has 1 N–H and O–H groups in total. The van der Waals surface area contributed by atoms with Gasteiger partial charge < -0.3 is 0 Å². The third kappa shape index (κ3) is 1.97. The Kier molecular flexibility index (Phi) is 2.67. The predicted molar refractivity (Wildman–Crippen MR) is 66.6 cm³/mol. The number of aryl methyl sites for hydroxylation is 1. The summed E-state index contributed by atoms with van der Waals surface area (Å²) >= 11 is 8.28. The van der Waals surface area contributed by atoms with Gasteiger partial charge in [-0.2, -0.15) is 0 Å². The standard InChI is InChI=1S/C8H9Br2N3OS/c1-4-12-13-6(15-4)11-5(14)7(2)3-8(7,9)10/h3H2,1-2H3,(H,11,13,14)/t7-/m1/s1. The molecule has 1 amide bonds. The lowest BCUT2D eigenvalue weighted by molar-refractivity contribution is -0.120. The second kappa shape index (κ2) is 3.49. The smallest absolute Gasteiger partial charge is 0.234 e. The third-order valence-corrected chi connectivity index (χ3v) is 5.57. The zero-order chi connectivity index (χ0) is 11.3. The van der Waals surface area contributed by atoms with Gasteiger partial charge in [0.15, 0.2) is 0 Å². The van der Waals surface area contributed by atoms with Crippen molar-refractivity contribution in [3.63, 3.8) is 0 Å². The molecule has 0 aliphatic heterocycles. The minimum atomic E-state index is -0.410. The fourth-order valence-electron chi connectivity index (χ4n) is 1.23. The third-order valence-electron chi connectivity index (χ3n) is 2.51. The van der Waals surface area contributed by atoms with Crippen LogP contribution in [0.1, 0.15) is 18.4 Å². The maximum Gasteiger partial charge on any atom is 0.234 e. The van der Waals surface area contributed by atoms with E-state index in [4.69, 9.17) is 0 Å². The molecule has 0 bridgehead atoms. The van der Waals surface area contributed by atoms with Crippen LogP contribution in [0.4, 0.5) is 5.13 Å². The number of alkyl halides is 2. The Morgan fingerprint density at radius 2 is 2.13 bits per heavy atom. The number of aromatic nitrogens is 2. The fourth-order valence-corrected chi connectivity index (χ4v) is 3.30. The van der Waals surface area contributed by atoms with E-state index in [0.717, 1.165) is 11.4 Å². The number of hydrogen-bond donors (Lipinski definition) is 1. The van der Waals surface area contributed by atoms with E-state index in [0.29, 0.717) is 5.13 Å². The van der Waals surface area contributed by atoms with Crippen molar-refractivity contribution in [2.75, 3.05) is 5.32 Å². The van der Waals surface area contributed by atoms with E-state index >= 15 is 0 Å². The molecular weight excluding hydrogens is 346 g/mol. The number of nitrogens with zero attached hydrogens (tertiary/aromatic N) is 2. The Balaban J connectivity index is 2.06. The van der Waals surface area contributed by atoms with Crippen LogP contribution in [-0.2, 0) is 4.79 Å². The topological polar surface area (TPSA) is 54.9 Å². The minimum Gasteiger partial charge on any atom is -0.300 e. The summed E-state index contributed by atoms with van der Waals surface area (Å²) in [5.41, 5.74) is -0.410. The molecule has 7 heteroatoms. The lowest BCUT2D eigenvalue weighted by atomic mass is 10.1. The molecule has 1 aliphatic carbocycles. The van der Waals surface area contributed by atoms with Crippen molar-refractivity contribution in [3.05, 3.63) is 5.01 Å². The molecule has 0 spiro atoms. The van der Waals surface area contributed by atoms with Crippen LogP contribution in [0.3, 0.4) is 0 Å². The number of amides is 1. The van der Waals surface area contributed by atoms with Crippen molar-refractivity contribution in [1.82, 2.24) is 10.2 Å². The van der Waals surface area contributed by atoms with E-state index in [-0.39, 0.29) is 9.14 Å². The predicted octanol–water partition coefficient (Wildman–Crippen LogP) is 2.68. The number of halogens is 2. The molecule has 1 saturated carbocycles. The van der Waals surface area contributed by atoms with Crippen molar-refractivity contribution < 1.29 is 4.79 Å². The van der Waals surface area contributed by atoms with Crippen molar-refractivity contribution in [1.29, 1.82) is 0 Å². The summed E-state index contributed by atoms with van der Waals surface area (Å²) in [5.74, 6) is -0.0348. The molecule has 1 aromatic heterocycles. The van der Waals surface area contributed by atoms with Crippen LogP contribution in [0, 0.1) is 12.3 Å².